The number of halogens is 2. The number of carbonyl (C=O) groups excluding carboxylic acids is 1. The van der Waals surface area contributed by atoms with E-state index in [1.807, 2.05) is 0 Å². The van der Waals surface area contributed by atoms with Crippen LogP contribution in [-0.4, -0.2) is 20.9 Å². The topological polar surface area (TPSA) is 85.8 Å². The molecule has 8 heteroatoms. The molecular weight excluding hydrogens is 280 g/mol. The van der Waals surface area contributed by atoms with E-state index in [9.17, 15) is 13.6 Å². The first-order chi connectivity index (χ1) is 9.99. The molecule has 1 heterocycles. The Morgan fingerprint density at radius 2 is 2.24 bits per heavy atom. The zero-order valence-electron chi connectivity index (χ0n) is 11.4. The highest BCUT2D eigenvalue weighted by Crippen LogP contribution is 2.17. The van der Waals surface area contributed by atoms with Crippen molar-refractivity contribution in [2.45, 2.75) is 26.1 Å². The highest BCUT2D eigenvalue weighted by Gasteiger charge is 2.15. The molecule has 0 spiro atoms. The predicted octanol–water partition coefficient (Wildman–Crippen LogP) is 0.892. The molecule has 3 N–H and O–H groups in total. The fourth-order valence-corrected chi connectivity index (χ4v) is 1.87. The number of hydrogen-bond donors (Lipinski definition) is 2. The summed E-state index contributed by atoms with van der Waals surface area (Å²) in [5, 5.41) is 10.1. The summed E-state index contributed by atoms with van der Waals surface area (Å²) >= 11 is 0. The molecule has 0 aliphatic rings. The van der Waals surface area contributed by atoms with E-state index in [0.29, 0.717) is 5.69 Å². The summed E-state index contributed by atoms with van der Waals surface area (Å²) in [7, 11) is 0. The largest absolute Gasteiger partial charge is 0.348 e. The third-order valence-corrected chi connectivity index (χ3v) is 2.91. The average Bonchev–Trinajstić information content (AvgIpc) is 2.85. The van der Waals surface area contributed by atoms with Crippen LogP contribution in [0, 0.1) is 11.6 Å². The van der Waals surface area contributed by atoms with Gasteiger partial charge in [0.05, 0.1) is 17.9 Å². The molecule has 21 heavy (non-hydrogen) atoms. The monoisotopic (exact) mass is 295 g/mol. The molecule has 6 nitrogen and oxygen atoms in total. The third-order valence-electron chi connectivity index (χ3n) is 2.91. The fourth-order valence-electron chi connectivity index (χ4n) is 1.87. The Hall–Kier alpha value is -2.35. The number of amides is 1. The zero-order chi connectivity index (χ0) is 15.4. The Kier molecular flexibility index (Phi) is 4.59. The lowest BCUT2D eigenvalue weighted by Crippen LogP contribution is -2.30. The van der Waals surface area contributed by atoms with Gasteiger partial charge in [0.1, 0.15) is 18.2 Å². The summed E-state index contributed by atoms with van der Waals surface area (Å²) in [4.78, 5) is 11.8. The smallest absolute Gasteiger partial charge is 0.242 e. The second kappa shape index (κ2) is 6.40. The molecule has 0 aliphatic carbocycles. The van der Waals surface area contributed by atoms with E-state index in [0.717, 1.165) is 12.1 Å². The van der Waals surface area contributed by atoms with Crippen LogP contribution in [-0.2, 0) is 17.9 Å². The van der Waals surface area contributed by atoms with Gasteiger partial charge in [0.25, 0.3) is 0 Å². The lowest BCUT2D eigenvalue weighted by molar-refractivity contribution is -0.122. The Labute approximate surface area is 119 Å². The molecule has 0 aliphatic heterocycles. The number of nitrogens with two attached hydrogens (primary N) is 1. The minimum absolute atomic E-state index is 0.0554. The lowest BCUT2D eigenvalue weighted by atomic mass is 10.1. The van der Waals surface area contributed by atoms with Crippen molar-refractivity contribution in [3.05, 3.63) is 47.3 Å². The Morgan fingerprint density at radius 3 is 2.86 bits per heavy atom. The summed E-state index contributed by atoms with van der Waals surface area (Å²) in [6, 6.07) is 2.64. The van der Waals surface area contributed by atoms with E-state index in [4.69, 9.17) is 5.73 Å². The van der Waals surface area contributed by atoms with E-state index in [1.165, 1.54) is 10.7 Å². The van der Waals surface area contributed by atoms with Gasteiger partial charge in [0.2, 0.25) is 5.91 Å². The van der Waals surface area contributed by atoms with Crippen LogP contribution < -0.4 is 11.1 Å². The molecule has 0 radical (unpaired) electrons. The minimum Gasteiger partial charge on any atom is -0.348 e. The summed E-state index contributed by atoms with van der Waals surface area (Å²) in [6.07, 6.45) is 1.56. The van der Waals surface area contributed by atoms with Crippen LogP contribution in [0.1, 0.15) is 24.2 Å². The summed E-state index contributed by atoms with van der Waals surface area (Å²) in [5.74, 6) is -1.72. The number of hydrogen-bond acceptors (Lipinski definition) is 4. The van der Waals surface area contributed by atoms with Gasteiger partial charge in [-0.1, -0.05) is 11.3 Å². The van der Waals surface area contributed by atoms with Crippen LogP contribution in [0.4, 0.5) is 8.78 Å². The van der Waals surface area contributed by atoms with Crippen LogP contribution in [0.25, 0.3) is 0 Å². The van der Waals surface area contributed by atoms with Crippen LogP contribution >= 0.6 is 0 Å². The van der Waals surface area contributed by atoms with Gasteiger partial charge in [-0.25, -0.2) is 13.5 Å². The molecule has 1 aromatic heterocycles. The molecule has 0 bridgehead atoms. The molecular formula is C13H15F2N5O. The number of carbonyl (C=O) groups is 1. The van der Waals surface area contributed by atoms with Crippen molar-refractivity contribution in [2.75, 3.05) is 0 Å². The second-order valence-electron chi connectivity index (χ2n) is 4.57. The van der Waals surface area contributed by atoms with Crippen molar-refractivity contribution >= 4 is 5.91 Å². The summed E-state index contributed by atoms with van der Waals surface area (Å²) in [5.41, 5.74) is 6.17. The summed E-state index contributed by atoms with van der Waals surface area (Å²) < 4.78 is 27.8. The van der Waals surface area contributed by atoms with E-state index in [2.05, 4.69) is 15.6 Å². The van der Waals surface area contributed by atoms with Gasteiger partial charge in [0, 0.05) is 18.2 Å². The molecule has 1 atom stereocenters. The van der Waals surface area contributed by atoms with Gasteiger partial charge in [0.15, 0.2) is 0 Å². The minimum atomic E-state index is -0.700. The molecule has 0 fully saturated rings. The molecule has 1 unspecified atom stereocenters. The number of aromatic nitrogens is 3. The van der Waals surface area contributed by atoms with Crippen LogP contribution in [0.3, 0.4) is 0 Å². The maximum absolute atomic E-state index is 13.6. The van der Waals surface area contributed by atoms with E-state index in [-0.39, 0.29) is 24.6 Å². The van der Waals surface area contributed by atoms with Crippen molar-refractivity contribution in [1.82, 2.24) is 20.3 Å². The maximum atomic E-state index is 13.6. The molecule has 2 aromatic rings. The van der Waals surface area contributed by atoms with Crippen molar-refractivity contribution in [1.29, 1.82) is 0 Å². The van der Waals surface area contributed by atoms with Crippen LogP contribution in [0.15, 0.2) is 24.4 Å². The van der Waals surface area contributed by atoms with Crippen molar-refractivity contribution in [2.24, 2.45) is 5.73 Å². The second-order valence-corrected chi connectivity index (χ2v) is 4.57. The quantitative estimate of drug-likeness (QED) is 0.858. The van der Waals surface area contributed by atoms with Gasteiger partial charge in [-0.3, -0.25) is 4.79 Å². The molecule has 1 aromatic carbocycles. The van der Waals surface area contributed by atoms with E-state index >= 15 is 0 Å². The molecule has 2 rings (SSSR count). The van der Waals surface area contributed by atoms with Crippen LogP contribution in [0.2, 0.25) is 0 Å². The zero-order valence-corrected chi connectivity index (χ0v) is 11.4. The third kappa shape index (κ3) is 3.82. The fraction of sp³-hybridized carbons (Fsp3) is 0.308. The molecule has 1 amide bonds. The Balaban J connectivity index is 1.98. The van der Waals surface area contributed by atoms with Gasteiger partial charge in [-0.05, 0) is 13.0 Å². The maximum Gasteiger partial charge on any atom is 0.242 e. The number of benzene rings is 1. The van der Waals surface area contributed by atoms with Crippen molar-refractivity contribution in [3.8, 4) is 0 Å². The van der Waals surface area contributed by atoms with Gasteiger partial charge in [-0.2, -0.15) is 0 Å². The normalized spacial score (nSPS) is 12.2. The SMILES string of the molecule is CC(NC(=O)Cn1cc(CN)nn1)c1ccc(F)cc1F. The lowest BCUT2D eigenvalue weighted by Gasteiger charge is -2.15. The van der Waals surface area contributed by atoms with Crippen LogP contribution in [0.5, 0.6) is 0 Å². The number of nitrogens with one attached hydrogen (secondary N) is 1. The van der Waals surface area contributed by atoms with E-state index in [1.54, 1.807) is 13.1 Å². The highest BCUT2D eigenvalue weighted by molar-refractivity contribution is 5.76. The molecule has 0 saturated heterocycles. The number of nitrogens with zero attached hydrogens (tertiary/aromatic N) is 3. The van der Waals surface area contributed by atoms with Gasteiger partial charge in [-0.15, -0.1) is 5.10 Å². The Bertz CT molecular complexity index is 643. The summed E-state index contributed by atoms with van der Waals surface area (Å²) in [6.45, 7) is 1.79. The Morgan fingerprint density at radius 1 is 1.48 bits per heavy atom. The predicted molar refractivity (Wildman–Crippen MR) is 70.8 cm³/mol. The van der Waals surface area contributed by atoms with Gasteiger partial charge < -0.3 is 11.1 Å². The first-order valence-corrected chi connectivity index (χ1v) is 6.33. The van der Waals surface area contributed by atoms with Crippen molar-refractivity contribution in [3.63, 3.8) is 0 Å². The van der Waals surface area contributed by atoms with E-state index < -0.39 is 17.7 Å². The number of rotatable bonds is 5. The highest BCUT2D eigenvalue weighted by atomic mass is 19.1. The van der Waals surface area contributed by atoms with Crippen molar-refractivity contribution < 1.29 is 13.6 Å². The standard InChI is InChI=1S/C13H15F2N5O/c1-8(11-3-2-9(14)4-12(11)15)17-13(21)7-20-6-10(5-16)18-19-20/h2-4,6,8H,5,7,16H2,1H3,(H,17,21). The van der Waals surface area contributed by atoms with Gasteiger partial charge >= 0.3 is 0 Å². The molecule has 0 saturated carbocycles. The first-order valence-electron chi connectivity index (χ1n) is 6.33. The molecule has 112 valence electrons. The first kappa shape index (κ1) is 15.0. The average molecular weight is 295 g/mol.